The lowest BCUT2D eigenvalue weighted by Gasteiger charge is -2.35. The third-order valence-electron chi connectivity index (χ3n) is 4.96. The standard InChI is InChI=1S/C16H25N5OS/c1-17-23(3,22)10-12-4-6-13(7-5-12)21(2)16-14-8-9-18-15(14)19-11-20-16/h8-9,11-13H,4-7,10H2,1-3H3,(H,18,19,20)/t12-,13+,23?. The first-order chi connectivity index (χ1) is 11.0. The molecule has 0 aromatic carbocycles. The fourth-order valence-electron chi connectivity index (χ4n) is 3.52. The fourth-order valence-corrected chi connectivity index (χ4v) is 4.88. The van der Waals surface area contributed by atoms with Gasteiger partial charge < -0.3 is 9.88 Å². The smallest absolute Gasteiger partial charge is 0.142 e. The minimum atomic E-state index is -1.99. The summed E-state index contributed by atoms with van der Waals surface area (Å²) < 4.78 is 16.2. The first-order valence-corrected chi connectivity index (χ1v) is 10.2. The number of hydrogen-bond donors (Lipinski definition) is 1. The Bertz CT molecular complexity index is 785. The highest BCUT2D eigenvalue weighted by Crippen LogP contribution is 2.32. The highest BCUT2D eigenvalue weighted by Gasteiger charge is 2.27. The van der Waals surface area contributed by atoms with E-state index in [-0.39, 0.29) is 0 Å². The summed E-state index contributed by atoms with van der Waals surface area (Å²) in [5.74, 6) is 2.25. The Labute approximate surface area is 137 Å². The van der Waals surface area contributed by atoms with E-state index in [1.54, 1.807) is 19.6 Å². The molecule has 1 saturated carbocycles. The van der Waals surface area contributed by atoms with Crippen LogP contribution in [0, 0.1) is 5.92 Å². The van der Waals surface area contributed by atoms with E-state index < -0.39 is 9.73 Å². The number of fused-ring (bicyclic) bond motifs is 1. The van der Waals surface area contributed by atoms with Crippen molar-refractivity contribution in [3.05, 3.63) is 18.6 Å². The summed E-state index contributed by atoms with van der Waals surface area (Å²) in [5.41, 5.74) is 0.880. The first kappa shape index (κ1) is 16.2. The fraction of sp³-hybridized carbons (Fsp3) is 0.625. The zero-order chi connectivity index (χ0) is 16.4. The molecule has 2 heterocycles. The van der Waals surface area contributed by atoms with E-state index in [1.807, 2.05) is 12.3 Å². The van der Waals surface area contributed by atoms with E-state index in [1.165, 1.54) is 0 Å². The van der Waals surface area contributed by atoms with Crippen LogP contribution in [-0.2, 0) is 9.73 Å². The molecule has 2 aromatic rings. The quantitative estimate of drug-likeness (QED) is 0.932. The Morgan fingerprint density at radius 2 is 2.09 bits per heavy atom. The van der Waals surface area contributed by atoms with Crippen molar-refractivity contribution in [1.29, 1.82) is 0 Å². The molecule has 2 aromatic heterocycles. The number of nitrogens with one attached hydrogen (secondary N) is 1. The molecule has 0 aliphatic heterocycles. The topological polar surface area (TPSA) is 74.2 Å². The van der Waals surface area contributed by atoms with E-state index in [2.05, 4.69) is 31.3 Å². The van der Waals surface area contributed by atoms with Crippen molar-refractivity contribution in [2.75, 3.05) is 31.0 Å². The molecule has 1 atom stereocenters. The van der Waals surface area contributed by atoms with Crippen molar-refractivity contribution >= 4 is 26.6 Å². The molecule has 0 bridgehead atoms. The maximum atomic E-state index is 12.2. The van der Waals surface area contributed by atoms with Crippen molar-refractivity contribution in [3.8, 4) is 0 Å². The average Bonchev–Trinajstić information content (AvgIpc) is 3.03. The second-order valence-corrected chi connectivity index (χ2v) is 9.15. The molecule has 1 N–H and O–H groups in total. The van der Waals surface area contributed by atoms with Gasteiger partial charge in [-0.1, -0.05) is 0 Å². The Morgan fingerprint density at radius 1 is 1.35 bits per heavy atom. The van der Waals surface area contributed by atoms with Gasteiger partial charge in [-0.05, 0) is 37.7 Å². The minimum absolute atomic E-state index is 0.478. The average molecular weight is 335 g/mol. The van der Waals surface area contributed by atoms with Gasteiger partial charge in [0.2, 0.25) is 0 Å². The maximum absolute atomic E-state index is 12.2. The van der Waals surface area contributed by atoms with Crippen molar-refractivity contribution in [2.24, 2.45) is 10.3 Å². The van der Waals surface area contributed by atoms with Gasteiger partial charge in [-0.25, -0.2) is 14.3 Å². The molecule has 6 nitrogen and oxygen atoms in total. The number of rotatable bonds is 4. The van der Waals surface area contributed by atoms with Gasteiger partial charge in [0.15, 0.2) is 0 Å². The summed E-state index contributed by atoms with van der Waals surface area (Å²) in [7, 11) is 1.79. The van der Waals surface area contributed by atoms with Gasteiger partial charge in [-0.2, -0.15) is 0 Å². The summed E-state index contributed by atoms with van der Waals surface area (Å²) >= 11 is 0. The summed E-state index contributed by atoms with van der Waals surface area (Å²) in [6.45, 7) is 0. The molecule has 1 fully saturated rings. The molecule has 0 spiro atoms. The van der Waals surface area contributed by atoms with Crippen LogP contribution in [0.3, 0.4) is 0 Å². The molecular formula is C16H25N5OS. The van der Waals surface area contributed by atoms with Gasteiger partial charge in [-0.3, -0.25) is 4.21 Å². The van der Waals surface area contributed by atoms with Crippen molar-refractivity contribution in [2.45, 2.75) is 31.7 Å². The SMILES string of the molecule is CN=S(C)(=O)C[C@H]1CC[C@@H](N(C)c2ncnc3[nH]ccc23)CC1. The lowest BCUT2D eigenvalue weighted by atomic mass is 9.86. The minimum Gasteiger partial charge on any atom is -0.356 e. The van der Waals surface area contributed by atoms with Crippen LogP contribution < -0.4 is 4.90 Å². The molecule has 126 valence electrons. The normalized spacial score (nSPS) is 24.3. The number of hydrogen-bond acceptors (Lipinski definition) is 5. The van der Waals surface area contributed by atoms with Gasteiger partial charge >= 0.3 is 0 Å². The molecule has 1 aliphatic rings. The lowest BCUT2D eigenvalue weighted by molar-refractivity contribution is 0.342. The zero-order valence-electron chi connectivity index (χ0n) is 14.0. The van der Waals surface area contributed by atoms with E-state index in [0.717, 1.165) is 48.3 Å². The van der Waals surface area contributed by atoms with Crippen molar-refractivity contribution in [3.63, 3.8) is 0 Å². The van der Waals surface area contributed by atoms with Gasteiger partial charge in [0.25, 0.3) is 0 Å². The Morgan fingerprint density at radius 3 is 2.78 bits per heavy atom. The van der Waals surface area contributed by atoms with Crippen LogP contribution in [0.25, 0.3) is 11.0 Å². The number of H-pyrrole nitrogens is 1. The molecular weight excluding hydrogens is 310 g/mol. The largest absolute Gasteiger partial charge is 0.356 e. The number of aromatic amines is 1. The molecule has 1 aliphatic carbocycles. The molecule has 0 amide bonds. The van der Waals surface area contributed by atoms with E-state index >= 15 is 0 Å². The van der Waals surface area contributed by atoms with Crippen LogP contribution in [0.1, 0.15) is 25.7 Å². The van der Waals surface area contributed by atoms with Crippen molar-refractivity contribution in [1.82, 2.24) is 15.0 Å². The number of anilines is 1. The summed E-state index contributed by atoms with van der Waals surface area (Å²) in [5, 5.41) is 1.07. The zero-order valence-corrected chi connectivity index (χ0v) is 14.8. The highest BCUT2D eigenvalue weighted by molar-refractivity contribution is 7.92. The number of aromatic nitrogens is 3. The van der Waals surface area contributed by atoms with E-state index in [0.29, 0.717) is 12.0 Å². The van der Waals surface area contributed by atoms with Crippen LogP contribution in [0.15, 0.2) is 23.0 Å². The van der Waals surface area contributed by atoms with Crippen LogP contribution in [0.2, 0.25) is 0 Å². The van der Waals surface area contributed by atoms with E-state index in [4.69, 9.17) is 0 Å². The molecule has 7 heteroatoms. The monoisotopic (exact) mass is 335 g/mol. The number of nitrogens with zero attached hydrogens (tertiary/aromatic N) is 4. The van der Waals surface area contributed by atoms with Crippen molar-refractivity contribution < 1.29 is 4.21 Å². The Hall–Kier alpha value is -1.63. The van der Waals surface area contributed by atoms with Crippen LogP contribution in [0.4, 0.5) is 5.82 Å². The molecule has 23 heavy (non-hydrogen) atoms. The first-order valence-electron chi connectivity index (χ1n) is 8.09. The van der Waals surface area contributed by atoms with Crippen LogP contribution in [-0.4, -0.2) is 51.3 Å². The third kappa shape index (κ3) is 3.49. The Balaban J connectivity index is 1.68. The molecule has 0 radical (unpaired) electrons. The third-order valence-corrected chi connectivity index (χ3v) is 6.82. The summed E-state index contributed by atoms with van der Waals surface area (Å²) in [6.07, 6.45) is 9.72. The summed E-state index contributed by atoms with van der Waals surface area (Å²) in [6, 6.07) is 2.51. The van der Waals surface area contributed by atoms with E-state index in [9.17, 15) is 4.21 Å². The summed E-state index contributed by atoms with van der Waals surface area (Å²) in [4.78, 5) is 14.2. The molecule has 1 unspecified atom stereocenters. The lowest BCUT2D eigenvalue weighted by Crippen LogP contribution is -2.36. The van der Waals surface area contributed by atoms with Gasteiger partial charge in [0.05, 0.1) is 5.39 Å². The predicted molar refractivity (Wildman–Crippen MR) is 95.3 cm³/mol. The van der Waals surface area contributed by atoms with Gasteiger partial charge in [0.1, 0.15) is 17.8 Å². The van der Waals surface area contributed by atoms with Gasteiger partial charge in [-0.15, -0.1) is 0 Å². The predicted octanol–water partition coefficient (Wildman–Crippen LogP) is 2.68. The van der Waals surface area contributed by atoms with Gasteiger partial charge in [0, 0.05) is 48.1 Å². The highest BCUT2D eigenvalue weighted by atomic mass is 32.2. The second kappa shape index (κ2) is 6.47. The molecule has 3 rings (SSSR count). The Kier molecular flexibility index (Phi) is 4.57. The molecule has 0 saturated heterocycles. The van der Waals surface area contributed by atoms with Crippen LogP contribution >= 0.6 is 0 Å². The maximum Gasteiger partial charge on any atom is 0.142 e. The second-order valence-electron chi connectivity index (χ2n) is 6.53. The van der Waals surface area contributed by atoms with Crippen LogP contribution in [0.5, 0.6) is 0 Å².